The van der Waals surface area contributed by atoms with Gasteiger partial charge in [-0.15, -0.1) is 11.3 Å². The van der Waals surface area contributed by atoms with Crippen LogP contribution in [0.4, 0.5) is 16.2 Å². The first kappa shape index (κ1) is 41.9. The van der Waals surface area contributed by atoms with Gasteiger partial charge in [-0.1, -0.05) is 70.2 Å². The van der Waals surface area contributed by atoms with Gasteiger partial charge in [0.1, 0.15) is 18.8 Å². The highest BCUT2D eigenvalue weighted by atomic mass is 32.1. The first-order valence-corrected chi connectivity index (χ1v) is 20.3. The normalized spacial score (nSPS) is 18.2. The monoisotopic (exact) mass is 776 g/mol. The number of benzene rings is 2. The number of β-amino-alcohol motifs (C(OH)–C–C–N with tert-alkyl or cyclic N) is 1. The molecule has 2 aliphatic heterocycles. The van der Waals surface area contributed by atoms with Crippen molar-refractivity contribution in [2.75, 3.05) is 49.9 Å². The van der Waals surface area contributed by atoms with Crippen LogP contribution in [0.25, 0.3) is 0 Å². The minimum Gasteiger partial charge on any atom is -0.443 e. The van der Waals surface area contributed by atoms with Crippen molar-refractivity contribution >= 4 is 40.6 Å². The molecule has 0 saturated carbocycles. The number of amides is 3. The van der Waals surface area contributed by atoms with Crippen molar-refractivity contribution in [2.24, 2.45) is 11.8 Å². The standard InChI is InChI=1S/C41H60N8O5S/c1-26(2)30(20-42-40(53)54-24-29-25-55-39(43-29)27(3)4)37(51)46-33(19-28-13-9-8-10-14-28)35(50)22-49-18-17-48(21-34(49)38(52)47-41(5,6)7)23-36-44-31-15-11-12-16-32(31)45-36/h8-16,25-27,30,33-36,44-45,50H,17-24H2,1-7H3,(H,42,53)(H,46,51)(H,47,52)/t30-,33+,34+,35-/m0/s1. The van der Waals surface area contributed by atoms with Gasteiger partial charge in [0.25, 0.3) is 0 Å². The Labute approximate surface area is 330 Å². The number of carbonyl (C=O) groups excluding carboxylic acids is 3. The fraction of sp³-hybridized carbons (Fsp3) is 0.561. The van der Waals surface area contributed by atoms with E-state index in [0.717, 1.165) is 21.9 Å². The molecule has 0 bridgehead atoms. The molecule has 0 unspecified atom stereocenters. The highest BCUT2D eigenvalue weighted by molar-refractivity contribution is 7.09. The number of ether oxygens (including phenoxy) is 1. The van der Waals surface area contributed by atoms with Crippen LogP contribution in [-0.2, 0) is 27.4 Å². The van der Waals surface area contributed by atoms with Crippen molar-refractivity contribution < 1.29 is 24.2 Å². The maximum atomic E-state index is 13.9. The Bertz CT molecular complexity index is 1690. The SMILES string of the molecule is CC(C)c1nc(COC(=O)NC[C@H](C(=O)N[C@H](Cc2ccccc2)[C@@H](O)CN2CCN(CC3Nc4ccccc4N3)C[C@@H]2C(=O)NC(C)(C)C)C(C)C)cs1. The number of hydrogen-bond acceptors (Lipinski definition) is 11. The van der Waals surface area contributed by atoms with E-state index in [0.29, 0.717) is 44.2 Å². The van der Waals surface area contributed by atoms with Gasteiger partial charge in [-0.25, -0.2) is 9.78 Å². The molecule has 1 aromatic heterocycles. The van der Waals surface area contributed by atoms with Crippen molar-refractivity contribution in [1.82, 2.24) is 30.7 Å². The van der Waals surface area contributed by atoms with Crippen LogP contribution in [0.1, 0.15) is 70.6 Å². The number of piperazine rings is 1. The van der Waals surface area contributed by atoms with E-state index in [1.807, 2.05) is 99.5 Å². The lowest BCUT2D eigenvalue weighted by Crippen LogP contribution is -2.64. The summed E-state index contributed by atoms with van der Waals surface area (Å²) in [4.78, 5) is 49.3. The summed E-state index contributed by atoms with van der Waals surface area (Å²) in [5, 5.41) is 30.9. The summed E-state index contributed by atoms with van der Waals surface area (Å²) < 4.78 is 5.41. The Hall–Kier alpha value is -4.24. The number of alkyl carbamates (subject to hydrolysis) is 1. The molecule has 13 nitrogen and oxygen atoms in total. The van der Waals surface area contributed by atoms with E-state index < -0.39 is 35.7 Å². The molecule has 3 heterocycles. The molecule has 14 heteroatoms. The van der Waals surface area contributed by atoms with Crippen LogP contribution in [0.15, 0.2) is 60.0 Å². The van der Waals surface area contributed by atoms with E-state index >= 15 is 0 Å². The molecule has 1 fully saturated rings. The van der Waals surface area contributed by atoms with Crippen LogP contribution in [0, 0.1) is 11.8 Å². The maximum absolute atomic E-state index is 13.9. The number of anilines is 2. The van der Waals surface area contributed by atoms with Crippen LogP contribution in [-0.4, -0.2) is 107 Å². The lowest BCUT2D eigenvalue weighted by atomic mass is 9.93. The number of thiazole rings is 1. The van der Waals surface area contributed by atoms with E-state index in [4.69, 9.17) is 4.74 Å². The molecule has 2 aliphatic rings. The number of hydrogen-bond donors (Lipinski definition) is 6. The summed E-state index contributed by atoms with van der Waals surface area (Å²) in [5.74, 6) is -0.778. The summed E-state index contributed by atoms with van der Waals surface area (Å²) in [5.41, 5.74) is 3.33. The van der Waals surface area contributed by atoms with Crippen LogP contribution in [0.3, 0.4) is 0 Å². The summed E-state index contributed by atoms with van der Waals surface area (Å²) in [7, 11) is 0. The molecule has 5 rings (SSSR count). The number of carbonyl (C=O) groups is 3. The number of fused-ring (bicyclic) bond motifs is 1. The molecule has 3 aromatic rings. The minimum atomic E-state index is -0.993. The van der Waals surface area contributed by atoms with E-state index in [-0.39, 0.29) is 43.6 Å². The third-order valence-corrected chi connectivity index (χ3v) is 11.1. The molecule has 6 N–H and O–H groups in total. The average Bonchev–Trinajstić information content (AvgIpc) is 3.78. The molecule has 0 spiro atoms. The Morgan fingerprint density at radius 1 is 1.00 bits per heavy atom. The number of aromatic nitrogens is 1. The van der Waals surface area contributed by atoms with Crippen LogP contribution < -0.4 is 26.6 Å². The van der Waals surface area contributed by atoms with E-state index in [1.165, 1.54) is 11.3 Å². The van der Waals surface area contributed by atoms with Crippen molar-refractivity contribution in [3.8, 4) is 0 Å². The molecular weight excluding hydrogens is 717 g/mol. The van der Waals surface area contributed by atoms with Crippen molar-refractivity contribution in [1.29, 1.82) is 0 Å². The lowest BCUT2D eigenvalue weighted by Gasteiger charge is -2.43. The fourth-order valence-electron chi connectivity index (χ4n) is 6.94. The zero-order valence-corrected chi connectivity index (χ0v) is 34.1. The number of nitrogens with one attached hydrogen (secondary N) is 5. The molecular formula is C41H60N8O5S. The topological polar surface area (TPSA) is 160 Å². The lowest BCUT2D eigenvalue weighted by molar-refractivity contribution is -0.132. The predicted molar refractivity (Wildman–Crippen MR) is 218 cm³/mol. The smallest absolute Gasteiger partial charge is 0.407 e. The third kappa shape index (κ3) is 12.4. The van der Waals surface area contributed by atoms with Crippen LogP contribution >= 0.6 is 11.3 Å². The summed E-state index contributed by atoms with van der Waals surface area (Å²) in [6, 6.07) is 16.7. The molecule has 1 saturated heterocycles. The number of nitrogens with zero attached hydrogens (tertiary/aromatic N) is 3. The number of rotatable bonds is 16. The zero-order valence-electron chi connectivity index (χ0n) is 33.3. The molecule has 3 amide bonds. The molecule has 300 valence electrons. The molecule has 0 aliphatic carbocycles. The zero-order chi connectivity index (χ0) is 39.7. The Morgan fingerprint density at radius 3 is 2.29 bits per heavy atom. The summed E-state index contributed by atoms with van der Waals surface area (Å²) in [6.45, 7) is 16.6. The van der Waals surface area contributed by atoms with Crippen LogP contribution in [0.2, 0.25) is 0 Å². The first-order valence-electron chi connectivity index (χ1n) is 19.4. The predicted octanol–water partition coefficient (Wildman–Crippen LogP) is 4.62. The van der Waals surface area contributed by atoms with Gasteiger partial charge >= 0.3 is 6.09 Å². The van der Waals surface area contributed by atoms with Gasteiger partial charge in [-0.05, 0) is 50.8 Å². The highest BCUT2D eigenvalue weighted by Gasteiger charge is 2.38. The first-order chi connectivity index (χ1) is 26.1. The Balaban J connectivity index is 1.24. The second kappa shape index (κ2) is 19.1. The average molecular weight is 777 g/mol. The largest absolute Gasteiger partial charge is 0.443 e. The second-order valence-electron chi connectivity index (χ2n) is 16.4. The second-order valence-corrected chi connectivity index (χ2v) is 17.3. The van der Waals surface area contributed by atoms with E-state index in [2.05, 4.69) is 50.3 Å². The number of aliphatic hydroxyl groups excluding tert-OH is 1. The van der Waals surface area contributed by atoms with E-state index in [9.17, 15) is 19.5 Å². The quantitative estimate of drug-likeness (QED) is 0.121. The minimum absolute atomic E-state index is 0.00691. The highest BCUT2D eigenvalue weighted by Crippen LogP contribution is 2.29. The van der Waals surface area contributed by atoms with Gasteiger partial charge in [0, 0.05) is 56.1 Å². The van der Waals surface area contributed by atoms with Gasteiger partial charge < -0.3 is 36.4 Å². The Kier molecular flexibility index (Phi) is 14.5. The molecule has 0 radical (unpaired) electrons. The number of para-hydroxylation sites is 2. The van der Waals surface area contributed by atoms with Crippen molar-refractivity contribution in [3.63, 3.8) is 0 Å². The van der Waals surface area contributed by atoms with Gasteiger partial charge in [0.05, 0.1) is 40.1 Å². The number of aliphatic hydroxyl groups is 1. The van der Waals surface area contributed by atoms with Gasteiger partial charge in [0.15, 0.2) is 0 Å². The van der Waals surface area contributed by atoms with E-state index in [1.54, 1.807) is 0 Å². The van der Waals surface area contributed by atoms with Gasteiger partial charge in [-0.3, -0.25) is 19.4 Å². The van der Waals surface area contributed by atoms with Gasteiger partial charge in [-0.2, -0.15) is 0 Å². The van der Waals surface area contributed by atoms with Crippen molar-refractivity contribution in [2.45, 2.75) is 97.3 Å². The summed E-state index contributed by atoms with van der Waals surface area (Å²) in [6.07, 6.45) is -1.22. The van der Waals surface area contributed by atoms with Crippen LogP contribution in [0.5, 0.6) is 0 Å². The molecule has 4 atom stereocenters. The fourth-order valence-corrected chi connectivity index (χ4v) is 7.76. The van der Waals surface area contributed by atoms with Gasteiger partial charge in [0.2, 0.25) is 11.8 Å². The molecule has 55 heavy (non-hydrogen) atoms. The summed E-state index contributed by atoms with van der Waals surface area (Å²) >= 11 is 1.54. The maximum Gasteiger partial charge on any atom is 0.407 e. The molecule has 2 aromatic carbocycles. The Morgan fingerprint density at radius 2 is 1.67 bits per heavy atom. The third-order valence-electron chi connectivity index (χ3n) is 9.94. The van der Waals surface area contributed by atoms with Crippen molar-refractivity contribution in [3.05, 3.63) is 76.2 Å².